The van der Waals surface area contributed by atoms with E-state index in [9.17, 15) is 33.6 Å². The van der Waals surface area contributed by atoms with Crippen molar-refractivity contribution in [2.45, 2.75) is 54.4 Å². The molecule has 3 aliphatic heterocycles. The third kappa shape index (κ3) is 9.48. The van der Waals surface area contributed by atoms with E-state index in [1.54, 1.807) is 68.5 Å². The second-order valence-corrected chi connectivity index (χ2v) is 12.9. The second kappa shape index (κ2) is 19.4. The molecule has 7 rings (SSSR count). The third-order valence-corrected chi connectivity index (χ3v) is 9.32. The SMILES string of the molecule is C.CC(=O)N1CCc2c([nH]n(C)c2=O)-c2cccnc21.CCOC(=O)C1CCN(C(C)=O)c2ncccc2C1=O.CCOC(=O)C1CCNc2ncccc2C1=O. The monoisotopic (exact) mass is 784 g/mol. The van der Waals surface area contributed by atoms with E-state index in [-0.39, 0.29) is 62.5 Å². The average molecular weight is 785 g/mol. The zero-order valence-corrected chi connectivity index (χ0v) is 31.9. The van der Waals surface area contributed by atoms with Crippen molar-refractivity contribution in [1.29, 1.82) is 0 Å². The number of pyridine rings is 3. The summed E-state index contributed by atoms with van der Waals surface area (Å²) in [5, 5.41) is 6.09. The number of aromatic nitrogens is 5. The van der Waals surface area contributed by atoms with E-state index in [2.05, 4.69) is 25.4 Å². The first kappa shape index (κ1) is 43.2. The molecule has 2 unspecified atom stereocenters. The average Bonchev–Trinajstić information content (AvgIpc) is 3.34. The number of rotatable bonds is 4. The molecule has 302 valence electrons. The minimum Gasteiger partial charge on any atom is -0.465 e. The van der Waals surface area contributed by atoms with Crippen LogP contribution in [0.5, 0.6) is 0 Å². The van der Waals surface area contributed by atoms with E-state index in [0.29, 0.717) is 60.1 Å². The normalized spacial score (nSPS) is 16.6. The molecule has 0 saturated heterocycles. The van der Waals surface area contributed by atoms with Gasteiger partial charge in [-0.1, -0.05) is 7.43 Å². The quantitative estimate of drug-likeness (QED) is 0.223. The number of fused-ring (bicyclic) bond motifs is 5. The summed E-state index contributed by atoms with van der Waals surface area (Å²) in [6.45, 7) is 8.13. The number of aromatic amines is 1. The molecule has 0 bridgehead atoms. The molecule has 57 heavy (non-hydrogen) atoms. The number of anilines is 3. The Balaban J connectivity index is 0.000000188. The molecule has 0 saturated carbocycles. The molecule has 2 amide bonds. The summed E-state index contributed by atoms with van der Waals surface area (Å²) in [4.78, 5) is 99.2. The first-order valence-corrected chi connectivity index (χ1v) is 18.2. The third-order valence-electron chi connectivity index (χ3n) is 9.32. The molecule has 4 aromatic heterocycles. The Morgan fingerprint density at radius 3 is 1.84 bits per heavy atom. The predicted octanol–water partition coefficient (Wildman–Crippen LogP) is 3.78. The van der Waals surface area contributed by atoms with Crippen LogP contribution >= 0.6 is 0 Å². The smallest absolute Gasteiger partial charge is 0.316 e. The van der Waals surface area contributed by atoms with Crippen LogP contribution in [0.4, 0.5) is 17.5 Å². The van der Waals surface area contributed by atoms with Gasteiger partial charge in [-0.3, -0.25) is 53.1 Å². The number of carbonyl (C=O) groups is 6. The Kier molecular flexibility index (Phi) is 14.7. The number of hydrogen-bond acceptors (Lipinski definition) is 13. The summed E-state index contributed by atoms with van der Waals surface area (Å²) >= 11 is 0. The fourth-order valence-electron chi connectivity index (χ4n) is 6.62. The lowest BCUT2D eigenvalue weighted by Gasteiger charge is -2.19. The standard InChI is InChI=1S/C14H16N2O4.C13H14N4O2.C12H14N2O3.CH4/c1-3-20-14(19)11-6-8-16(9(2)17)13-10(12(11)18)5-4-7-15-13;1-8(18)17-7-5-10-11(15-16(2)13(10)19)9-4-3-6-14-12(9)17;1-2-17-12(16)9-5-7-14-11-8(10(9)15)4-3-6-13-11;/h4-5,7,11H,3,6,8H2,1-2H3;3-4,6,15H,5,7H2,1-2H3;3-4,6,9H,2,5,7H2,1H3,(H,13,14);1H4. The van der Waals surface area contributed by atoms with Crippen LogP contribution in [0.15, 0.2) is 59.8 Å². The molecule has 2 N–H and O–H groups in total. The van der Waals surface area contributed by atoms with E-state index in [1.807, 2.05) is 6.07 Å². The molecule has 7 heterocycles. The van der Waals surface area contributed by atoms with Gasteiger partial charge in [0.15, 0.2) is 11.6 Å². The topological polar surface area (TPSA) is 216 Å². The number of nitrogens with one attached hydrogen (secondary N) is 2. The molecule has 0 aliphatic carbocycles. The lowest BCUT2D eigenvalue weighted by atomic mass is 9.96. The highest BCUT2D eigenvalue weighted by Crippen LogP contribution is 2.32. The van der Waals surface area contributed by atoms with Gasteiger partial charge in [0.05, 0.1) is 30.0 Å². The Morgan fingerprint density at radius 2 is 1.25 bits per heavy atom. The molecular formula is C40H48N8O9. The fraction of sp³-hybridized carbons (Fsp3) is 0.400. The van der Waals surface area contributed by atoms with Crippen LogP contribution in [0.1, 0.15) is 74.2 Å². The zero-order chi connectivity index (χ0) is 40.5. The number of amides is 2. The molecule has 2 atom stereocenters. The van der Waals surface area contributed by atoms with Gasteiger partial charge in [0.1, 0.15) is 29.3 Å². The van der Waals surface area contributed by atoms with Gasteiger partial charge in [0.2, 0.25) is 11.8 Å². The van der Waals surface area contributed by atoms with Crippen molar-refractivity contribution in [1.82, 2.24) is 24.7 Å². The summed E-state index contributed by atoms with van der Waals surface area (Å²) in [5.41, 5.74) is 2.97. The number of Topliss-reactive ketones (excluding diaryl/α,β-unsaturated/α-hetero) is 2. The molecule has 0 radical (unpaired) electrons. The van der Waals surface area contributed by atoms with Gasteiger partial charge in [-0.2, -0.15) is 0 Å². The van der Waals surface area contributed by atoms with E-state index < -0.39 is 23.8 Å². The van der Waals surface area contributed by atoms with Crippen LogP contribution in [-0.2, 0) is 42.1 Å². The van der Waals surface area contributed by atoms with Crippen molar-refractivity contribution >= 4 is 52.8 Å². The van der Waals surface area contributed by atoms with Gasteiger partial charge in [-0.25, -0.2) is 15.0 Å². The molecule has 0 aromatic carbocycles. The number of ether oxygens (including phenoxy) is 2. The summed E-state index contributed by atoms with van der Waals surface area (Å²) in [6, 6.07) is 10.2. The second-order valence-electron chi connectivity index (χ2n) is 12.9. The molecule has 17 heteroatoms. The Morgan fingerprint density at radius 1 is 0.737 bits per heavy atom. The van der Waals surface area contributed by atoms with Crippen molar-refractivity contribution in [3.8, 4) is 11.3 Å². The van der Waals surface area contributed by atoms with Crippen LogP contribution in [0.25, 0.3) is 11.3 Å². The molecule has 4 aromatic rings. The lowest BCUT2D eigenvalue weighted by Crippen LogP contribution is -2.31. The number of H-pyrrole nitrogens is 1. The number of hydrogen-bond donors (Lipinski definition) is 2. The summed E-state index contributed by atoms with van der Waals surface area (Å²) < 4.78 is 11.3. The van der Waals surface area contributed by atoms with Gasteiger partial charge < -0.3 is 14.8 Å². The lowest BCUT2D eigenvalue weighted by molar-refractivity contribution is -0.147. The van der Waals surface area contributed by atoms with Crippen LogP contribution in [0.2, 0.25) is 0 Å². The van der Waals surface area contributed by atoms with E-state index in [0.717, 1.165) is 11.3 Å². The molecule has 0 fully saturated rings. The van der Waals surface area contributed by atoms with Gasteiger partial charge >= 0.3 is 11.9 Å². The van der Waals surface area contributed by atoms with Crippen molar-refractivity contribution in [2.75, 3.05) is 48.0 Å². The fourth-order valence-corrected chi connectivity index (χ4v) is 6.62. The van der Waals surface area contributed by atoms with Crippen LogP contribution in [0, 0.1) is 11.8 Å². The van der Waals surface area contributed by atoms with Crippen molar-refractivity contribution in [3.05, 3.63) is 82.0 Å². The van der Waals surface area contributed by atoms with Gasteiger partial charge in [-0.05, 0) is 69.5 Å². The van der Waals surface area contributed by atoms with Crippen LogP contribution in [0.3, 0.4) is 0 Å². The Labute approximate surface area is 329 Å². The highest BCUT2D eigenvalue weighted by Gasteiger charge is 2.36. The Bertz CT molecular complexity index is 2200. The molecule has 17 nitrogen and oxygen atoms in total. The highest BCUT2D eigenvalue weighted by molar-refractivity contribution is 6.13. The summed E-state index contributed by atoms with van der Waals surface area (Å²) in [6.07, 6.45) is 6.00. The van der Waals surface area contributed by atoms with Gasteiger partial charge in [0.25, 0.3) is 5.56 Å². The number of aryl methyl sites for hydroxylation is 1. The Hall–Kier alpha value is -6.52. The largest absolute Gasteiger partial charge is 0.465 e. The number of esters is 2. The van der Waals surface area contributed by atoms with Crippen LogP contribution in [-0.4, -0.2) is 92.9 Å². The van der Waals surface area contributed by atoms with Crippen molar-refractivity contribution in [2.24, 2.45) is 18.9 Å². The van der Waals surface area contributed by atoms with Gasteiger partial charge in [0, 0.05) is 70.2 Å². The van der Waals surface area contributed by atoms with Gasteiger partial charge in [-0.15, -0.1) is 0 Å². The van der Waals surface area contributed by atoms with E-state index in [1.165, 1.54) is 29.6 Å². The maximum Gasteiger partial charge on any atom is 0.316 e. The van der Waals surface area contributed by atoms with E-state index >= 15 is 0 Å². The molecule has 3 aliphatic rings. The summed E-state index contributed by atoms with van der Waals surface area (Å²) in [5.74, 6) is -1.93. The summed E-state index contributed by atoms with van der Waals surface area (Å²) in [7, 11) is 1.69. The van der Waals surface area contributed by atoms with E-state index in [4.69, 9.17) is 9.47 Å². The first-order valence-electron chi connectivity index (χ1n) is 18.2. The van der Waals surface area contributed by atoms with Crippen molar-refractivity contribution < 1.29 is 38.2 Å². The maximum absolute atomic E-state index is 12.4. The molecular weight excluding hydrogens is 736 g/mol. The van der Waals surface area contributed by atoms with Crippen LogP contribution < -0.4 is 20.7 Å². The highest BCUT2D eigenvalue weighted by atomic mass is 16.5. The minimum absolute atomic E-state index is 0. The van der Waals surface area contributed by atoms with Crippen molar-refractivity contribution in [3.63, 3.8) is 0 Å². The number of ketones is 2. The minimum atomic E-state index is -0.873. The zero-order valence-electron chi connectivity index (χ0n) is 31.9. The molecule has 0 spiro atoms. The number of nitrogens with zero attached hydrogens (tertiary/aromatic N) is 6. The number of carbonyl (C=O) groups excluding carboxylic acids is 6. The predicted molar refractivity (Wildman–Crippen MR) is 211 cm³/mol. The maximum atomic E-state index is 12.4. The first-order chi connectivity index (χ1) is 26.9.